The van der Waals surface area contributed by atoms with Crippen molar-refractivity contribution in [3.63, 3.8) is 0 Å². The van der Waals surface area contributed by atoms with E-state index < -0.39 is 0 Å². The summed E-state index contributed by atoms with van der Waals surface area (Å²) in [5.41, 5.74) is 1.38. The maximum atomic E-state index is 9.34. The van der Waals surface area contributed by atoms with Gasteiger partial charge in [-0.25, -0.2) is 0 Å². The number of rotatable bonds is 7. The van der Waals surface area contributed by atoms with Gasteiger partial charge in [-0.1, -0.05) is 61.8 Å². The molecule has 1 atom stereocenters. The van der Waals surface area contributed by atoms with Crippen molar-refractivity contribution in [2.75, 3.05) is 19.7 Å². The molecular formula is C16H26BrNO. The van der Waals surface area contributed by atoms with Crippen molar-refractivity contribution >= 4 is 15.9 Å². The van der Waals surface area contributed by atoms with E-state index in [4.69, 9.17) is 0 Å². The summed E-state index contributed by atoms with van der Waals surface area (Å²) in [5, 5.41) is 12.8. The molecule has 0 saturated carbocycles. The number of hydrogen-bond donors (Lipinski definition) is 2. The van der Waals surface area contributed by atoms with Crippen molar-refractivity contribution in [1.82, 2.24) is 5.32 Å². The summed E-state index contributed by atoms with van der Waals surface area (Å²) in [5.74, 6) is 0.832. The van der Waals surface area contributed by atoms with Crippen LogP contribution in [-0.4, -0.2) is 24.8 Å². The van der Waals surface area contributed by atoms with Gasteiger partial charge in [0.2, 0.25) is 0 Å². The lowest BCUT2D eigenvalue weighted by molar-refractivity contribution is 0.184. The molecule has 0 aliphatic carbocycles. The van der Waals surface area contributed by atoms with Crippen LogP contribution in [0.1, 0.15) is 33.3 Å². The quantitative estimate of drug-likeness (QED) is 0.802. The fraction of sp³-hybridized carbons (Fsp3) is 0.625. The third-order valence-corrected chi connectivity index (χ3v) is 4.45. The molecule has 1 aromatic carbocycles. The van der Waals surface area contributed by atoms with Gasteiger partial charge in [-0.3, -0.25) is 0 Å². The van der Waals surface area contributed by atoms with Gasteiger partial charge in [0.15, 0.2) is 0 Å². The molecule has 0 heterocycles. The van der Waals surface area contributed by atoms with Crippen LogP contribution in [0.5, 0.6) is 0 Å². The molecule has 0 fully saturated rings. The molecular weight excluding hydrogens is 302 g/mol. The Morgan fingerprint density at radius 3 is 2.42 bits per heavy atom. The largest absolute Gasteiger partial charge is 0.396 e. The van der Waals surface area contributed by atoms with Crippen molar-refractivity contribution in [2.24, 2.45) is 11.8 Å². The average molecular weight is 328 g/mol. The summed E-state index contributed by atoms with van der Waals surface area (Å²) < 4.78 is 1.16. The fourth-order valence-corrected chi connectivity index (χ4v) is 3.01. The molecule has 0 bridgehead atoms. The van der Waals surface area contributed by atoms with E-state index in [1.807, 2.05) is 6.07 Å². The highest BCUT2D eigenvalue weighted by molar-refractivity contribution is 9.10. The van der Waals surface area contributed by atoms with E-state index in [1.54, 1.807) is 0 Å². The van der Waals surface area contributed by atoms with Gasteiger partial charge in [0.1, 0.15) is 0 Å². The Kier molecular flexibility index (Phi) is 6.51. The number of aliphatic hydroxyl groups is 1. The van der Waals surface area contributed by atoms with Gasteiger partial charge in [0.05, 0.1) is 0 Å². The molecule has 0 aromatic heterocycles. The Bertz CT molecular complexity index is 390. The summed E-state index contributed by atoms with van der Waals surface area (Å²) in [6.07, 6.45) is 0. The fourth-order valence-electron chi connectivity index (χ4n) is 2.19. The molecule has 1 rings (SSSR count). The Labute approximate surface area is 125 Å². The highest BCUT2D eigenvalue weighted by Crippen LogP contribution is 2.29. The highest BCUT2D eigenvalue weighted by atomic mass is 79.9. The average Bonchev–Trinajstić information content (AvgIpc) is 2.34. The first-order chi connectivity index (χ1) is 8.88. The second-order valence-electron chi connectivity index (χ2n) is 6.18. The smallest absolute Gasteiger partial charge is 0.0473 e. The maximum Gasteiger partial charge on any atom is 0.0473 e. The Morgan fingerprint density at radius 2 is 1.89 bits per heavy atom. The first kappa shape index (κ1) is 16.7. The van der Waals surface area contributed by atoms with Crippen LogP contribution >= 0.6 is 15.9 Å². The summed E-state index contributed by atoms with van der Waals surface area (Å²) in [4.78, 5) is 0. The monoisotopic (exact) mass is 327 g/mol. The topological polar surface area (TPSA) is 32.3 Å². The standard InChI is InChI=1S/C16H26BrNO/c1-12(2)13(10-19)9-18-11-16(3,4)14-7-5-6-8-15(14)17/h5-8,12-13,18-19H,9-11H2,1-4H3. The summed E-state index contributed by atoms with van der Waals surface area (Å²) in [6, 6.07) is 8.36. The minimum Gasteiger partial charge on any atom is -0.396 e. The van der Waals surface area contributed by atoms with Gasteiger partial charge in [-0.2, -0.15) is 0 Å². The van der Waals surface area contributed by atoms with E-state index in [0.29, 0.717) is 11.8 Å². The van der Waals surface area contributed by atoms with Crippen LogP contribution < -0.4 is 5.32 Å². The van der Waals surface area contributed by atoms with Crippen LogP contribution in [0.2, 0.25) is 0 Å². The summed E-state index contributed by atoms with van der Waals surface area (Å²) in [6.45, 7) is 10.8. The van der Waals surface area contributed by atoms with Crippen molar-refractivity contribution in [2.45, 2.75) is 33.1 Å². The first-order valence-electron chi connectivity index (χ1n) is 6.95. The molecule has 3 heteroatoms. The van der Waals surface area contributed by atoms with Crippen LogP contribution in [0.15, 0.2) is 28.7 Å². The summed E-state index contributed by atoms with van der Waals surface area (Å²) >= 11 is 3.62. The third-order valence-electron chi connectivity index (χ3n) is 3.75. The maximum absolute atomic E-state index is 9.34. The predicted molar refractivity (Wildman–Crippen MR) is 85.5 cm³/mol. The predicted octanol–water partition coefficient (Wildman–Crippen LogP) is 3.58. The molecule has 0 spiro atoms. The van der Waals surface area contributed by atoms with Gasteiger partial charge >= 0.3 is 0 Å². The van der Waals surface area contributed by atoms with E-state index >= 15 is 0 Å². The molecule has 108 valence electrons. The van der Waals surface area contributed by atoms with Gasteiger partial charge in [0, 0.05) is 29.6 Å². The van der Waals surface area contributed by atoms with E-state index in [0.717, 1.165) is 17.6 Å². The molecule has 0 aliphatic rings. The molecule has 1 unspecified atom stereocenters. The third kappa shape index (κ3) is 4.90. The van der Waals surface area contributed by atoms with Crippen LogP contribution in [0.4, 0.5) is 0 Å². The molecule has 2 nitrogen and oxygen atoms in total. The lowest BCUT2D eigenvalue weighted by Gasteiger charge is -2.28. The van der Waals surface area contributed by atoms with Gasteiger partial charge < -0.3 is 10.4 Å². The van der Waals surface area contributed by atoms with E-state index in [-0.39, 0.29) is 12.0 Å². The zero-order chi connectivity index (χ0) is 14.5. The SMILES string of the molecule is CC(C)C(CO)CNCC(C)(C)c1ccccc1Br. The number of aliphatic hydroxyl groups excluding tert-OH is 1. The van der Waals surface area contributed by atoms with Crippen molar-refractivity contribution in [1.29, 1.82) is 0 Å². The summed E-state index contributed by atoms with van der Waals surface area (Å²) in [7, 11) is 0. The lowest BCUT2D eigenvalue weighted by Crippen LogP contribution is -2.37. The first-order valence-corrected chi connectivity index (χ1v) is 7.74. The highest BCUT2D eigenvalue weighted by Gasteiger charge is 2.23. The van der Waals surface area contributed by atoms with Crippen LogP contribution in [-0.2, 0) is 5.41 Å². The zero-order valence-corrected chi connectivity index (χ0v) is 14.0. The molecule has 2 N–H and O–H groups in total. The van der Waals surface area contributed by atoms with E-state index in [9.17, 15) is 5.11 Å². The van der Waals surface area contributed by atoms with Crippen LogP contribution in [0.25, 0.3) is 0 Å². The number of hydrogen-bond acceptors (Lipinski definition) is 2. The number of nitrogens with one attached hydrogen (secondary N) is 1. The second-order valence-corrected chi connectivity index (χ2v) is 7.04. The van der Waals surface area contributed by atoms with Gasteiger partial charge in [-0.15, -0.1) is 0 Å². The minimum atomic E-state index is 0.0665. The molecule has 1 aromatic rings. The van der Waals surface area contributed by atoms with Crippen LogP contribution in [0.3, 0.4) is 0 Å². The Hall–Kier alpha value is -0.380. The van der Waals surface area contributed by atoms with Crippen molar-refractivity contribution < 1.29 is 5.11 Å². The Balaban J connectivity index is 2.59. The van der Waals surface area contributed by atoms with Crippen molar-refractivity contribution in [3.05, 3.63) is 34.3 Å². The molecule has 0 amide bonds. The van der Waals surface area contributed by atoms with Crippen molar-refractivity contribution in [3.8, 4) is 0 Å². The van der Waals surface area contributed by atoms with E-state index in [1.165, 1.54) is 5.56 Å². The molecule has 0 saturated heterocycles. The normalized spacial score (nSPS) is 13.8. The molecule has 19 heavy (non-hydrogen) atoms. The molecule has 0 radical (unpaired) electrons. The lowest BCUT2D eigenvalue weighted by atomic mass is 9.84. The van der Waals surface area contributed by atoms with E-state index in [2.05, 4.69) is 67.1 Å². The minimum absolute atomic E-state index is 0.0665. The molecule has 0 aliphatic heterocycles. The van der Waals surface area contributed by atoms with Crippen LogP contribution in [0, 0.1) is 11.8 Å². The van der Waals surface area contributed by atoms with Gasteiger partial charge in [0.25, 0.3) is 0 Å². The number of halogens is 1. The Morgan fingerprint density at radius 1 is 1.26 bits per heavy atom. The zero-order valence-electron chi connectivity index (χ0n) is 12.4. The number of benzene rings is 1. The second kappa shape index (κ2) is 7.41. The van der Waals surface area contributed by atoms with Gasteiger partial charge in [-0.05, 0) is 23.5 Å².